The minimum atomic E-state index is -4.63. The molecule has 15 heteroatoms. The molecule has 1 N–H and O–H groups in total. The van der Waals surface area contributed by atoms with Crippen molar-refractivity contribution < 1.29 is 22.8 Å². The van der Waals surface area contributed by atoms with Crippen molar-refractivity contribution in [3.8, 4) is 11.4 Å². The van der Waals surface area contributed by atoms with Crippen LogP contribution in [0.25, 0.3) is 11.4 Å². The van der Waals surface area contributed by atoms with Gasteiger partial charge in [0.25, 0.3) is 5.91 Å². The standard InChI is InChI=1S/C32H29BrF3N9O2/c1-17-11-22-26(16-43(17)30(46)20-9-10-24(33)23(13-20)32(34,35)36)45-29(21(15-37-45)12-19-7-5-4-6-8-19)44(31(22)47)27-14-25(42(3)40-27)28-18(2)38-41-39-28/h4-10,13-15,17,22,26H,11-12,16H2,1-3H3,(H,38,39,41)/t17-,22?,26?/m0/s1. The first-order valence-corrected chi connectivity index (χ1v) is 15.8. The van der Waals surface area contributed by atoms with Crippen LogP contribution in [0.1, 0.15) is 52.1 Å². The molecule has 2 unspecified atom stereocenters. The highest BCUT2D eigenvalue weighted by Crippen LogP contribution is 2.45. The third kappa shape index (κ3) is 5.31. The number of amides is 2. The maximum atomic E-state index is 14.6. The maximum absolute atomic E-state index is 14.6. The summed E-state index contributed by atoms with van der Waals surface area (Å²) in [7, 11) is 1.77. The zero-order valence-corrected chi connectivity index (χ0v) is 27.1. The third-order valence-corrected chi connectivity index (χ3v) is 9.67. The Labute approximate surface area is 275 Å². The van der Waals surface area contributed by atoms with E-state index >= 15 is 0 Å². The Balaban J connectivity index is 1.30. The van der Waals surface area contributed by atoms with Gasteiger partial charge in [-0.3, -0.25) is 19.4 Å². The van der Waals surface area contributed by atoms with E-state index in [4.69, 9.17) is 10.2 Å². The number of aryl methyl sites for hydroxylation is 2. The SMILES string of the molecule is Cc1nn[nH]c1-c1cc(N2C(=O)C3C[C@H](C)N(C(=O)c4ccc(Br)c(C(F)(F)F)c4)CC3n3ncc(Cc4ccccc4)c32)nn1C. The second-order valence-electron chi connectivity index (χ2n) is 12.0. The predicted octanol–water partition coefficient (Wildman–Crippen LogP) is 5.85. The van der Waals surface area contributed by atoms with Gasteiger partial charge in [0.2, 0.25) is 5.91 Å². The molecule has 1 saturated heterocycles. The van der Waals surface area contributed by atoms with Crippen molar-refractivity contribution >= 4 is 39.4 Å². The number of hydrogen-bond donors (Lipinski definition) is 1. The number of aromatic nitrogens is 7. The molecule has 3 aromatic heterocycles. The lowest BCUT2D eigenvalue weighted by Crippen LogP contribution is -2.56. The van der Waals surface area contributed by atoms with Crippen molar-refractivity contribution in [3.63, 3.8) is 0 Å². The van der Waals surface area contributed by atoms with Crippen molar-refractivity contribution in [2.45, 2.75) is 44.9 Å². The molecule has 2 aromatic carbocycles. The number of likely N-dealkylation sites (tertiary alicyclic amines) is 1. The normalized spacial score (nSPS) is 19.6. The second-order valence-corrected chi connectivity index (χ2v) is 12.8. The molecule has 0 radical (unpaired) electrons. The Morgan fingerprint density at radius 1 is 1.13 bits per heavy atom. The summed E-state index contributed by atoms with van der Waals surface area (Å²) in [6, 6.07) is 14.1. The topological polar surface area (TPSA) is 118 Å². The van der Waals surface area contributed by atoms with E-state index < -0.39 is 35.6 Å². The van der Waals surface area contributed by atoms with E-state index in [1.807, 2.05) is 44.2 Å². The van der Waals surface area contributed by atoms with Gasteiger partial charge >= 0.3 is 6.18 Å². The molecule has 242 valence electrons. The van der Waals surface area contributed by atoms with Gasteiger partial charge in [-0.25, -0.2) is 9.58 Å². The highest BCUT2D eigenvalue weighted by molar-refractivity contribution is 9.10. The number of hydrogen-bond acceptors (Lipinski definition) is 6. The Morgan fingerprint density at radius 2 is 1.89 bits per heavy atom. The first-order valence-electron chi connectivity index (χ1n) is 15.0. The van der Waals surface area contributed by atoms with Crippen LogP contribution in [0.2, 0.25) is 0 Å². The minimum absolute atomic E-state index is 0.0790. The lowest BCUT2D eigenvalue weighted by atomic mass is 9.84. The van der Waals surface area contributed by atoms with E-state index in [1.165, 1.54) is 12.1 Å². The van der Waals surface area contributed by atoms with Gasteiger partial charge in [-0.1, -0.05) is 51.5 Å². The molecular weight excluding hydrogens is 679 g/mol. The molecule has 0 spiro atoms. The van der Waals surface area contributed by atoms with E-state index in [2.05, 4.69) is 31.3 Å². The summed E-state index contributed by atoms with van der Waals surface area (Å²) >= 11 is 2.95. The number of fused-ring (bicyclic) bond motifs is 3. The first kappa shape index (κ1) is 30.8. The van der Waals surface area contributed by atoms with Gasteiger partial charge in [-0.15, -0.1) is 5.10 Å². The molecule has 0 aliphatic carbocycles. The molecule has 0 saturated carbocycles. The Morgan fingerprint density at radius 3 is 2.60 bits per heavy atom. The van der Waals surface area contributed by atoms with Crippen molar-refractivity contribution in [1.29, 1.82) is 0 Å². The van der Waals surface area contributed by atoms with Gasteiger partial charge in [0.15, 0.2) is 5.82 Å². The molecule has 0 bridgehead atoms. The average molecular weight is 709 g/mol. The molecule has 7 rings (SSSR count). The molecule has 5 aromatic rings. The molecule has 5 heterocycles. The van der Waals surface area contributed by atoms with E-state index in [9.17, 15) is 22.8 Å². The van der Waals surface area contributed by atoms with Crippen LogP contribution >= 0.6 is 15.9 Å². The van der Waals surface area contributed by atoms with Crippen molar-refractivity contribution in [2.24, 2.45) is 13.0 Å². The number of alkyl halides is 3. The largest absolute Gasteiger partial charge is 0.417 e. The lowest BCUT2D eigenvalue weighted by molar-refractivity contribution is -0.138. The highest BCUT2D eigenvalue weighted by atomic mass is 79.9. The fourth-order valence-corrected chi connectivity index (χ4v) is 7.10. The quantitative estimate of drug-likeness (QED) is 0.245. The fraction of sp³-hybridized carbons (Fsp3) is 0.312. The Hall–Kier alpha value is -4.79. The zero-order valence-electron chi connectivity index (χ0n) is 25.5. The smallest absolute Gasteiger partial charge is 0.334 e. The number of nitrogens with zero attached hydrogens (tertiary/aromatic N) is 8. The van der Waals surface area contributed by atoms with Gasteiger partial charge in [0.1, 0.15) is 11.5 Å². The summed E-state index contributed by atoms with van der Waals surface area (Å²) in [5.74, 6) is -0.364. The number of carbonyl (C=O) groups excluding carboxylic acids is 2. The molecule has 2 aliphatic heterocycles. The Bertz CT molecular complexity index is 2000. The monoisotopic (exact) mass is 707 g/mol. The number of carbonyl (C=O) groups is 2. The van der Waals surface area contributed by atoms with E-state index in [0.717, 1.165) is 17.2 Å². The summed E-state index contributed by atoms with van der Waals surface area (Å²) in [6.45, 7) is 3.72. The van der Waals surface area contributed by atoms with E-state index in [0.29, 0.717) is 35.1 Å². The van der Waals surface area contributed by atoms with Gasteiger partial charge in [0, 0.05) is 47.7 Å². The lowest BCUT2D eigenvalue weighted by Gasteiger charge is -2.46. The first-order chi connectivity index (χ1) is 22.4. The summed E-state index contributed by atoms with van der Waals surface area (Å²) in [5.41, 5.74) is 2.84. The molecule has 2 aliphatic rings. The second kappa shape index (κ2) is 11.5. The summed E-state index contributed by atoms with van der Waals surface area (Å²) in [6.07, 6.45) is -2.14. The average Bonchev–Trinajstić information content (AvgIpc) is 3.75. The molecule has 1 fully saturated rings. The number of nitrogens with one attached hydrogen (secondary N) is 1. The van der Waals surface area contributed by atoms with Crippen LogP contribution < -0.4 is 4.90 Å². The molecular formula is C32H29BrF3N9O2. The number of piperidine rings is 1. The molecule has 11 nitrogen and oxygen atoms in total. The van der Waals surface area contributed by atoms with Gasteiger partial charge in [-0.05, 0) is 44.0 Å². The van der Waals surface area contributed by atoms with Gasteiger partial charge < -0.3 is 4.90 Å². The van der Waals surface area contributed by atoms with Crippen molar-refractivity contribution in [3.05, 3.63) is 93.2 Å². The molecule has 47 heavy (non-hydrogen) atoms. The van der Waals surface area contributed by atoms with E-state index in [-0.39, 0.29) is 28.9 Å². The van der Waals surface area contributed by atoms with Crippen LogP contribution in [0.4, 0.5) is 24.8 Å². The van der Waals surface area contributed by atoms with Crippen LogP contribution in [0.15, 0.2) is 65.3 Å². The number of anilines is 2. The zero-order chi connectivity index (χ0) is 33.2. The van der Waals surface area contributed by atoms with Crippen molar-refractivity contribution in [1.82, 2.24) is 39.9 Å². The number of rotatable bonds is 5. The van der Waals surface area contributed by atoms with Gasteiger partial charge in [0.05, 0.1) is 35.1 Å². The Kier molecular flexibility index (Phi) is 7.53. The van der Waals surface area contributed by atoms with Crippen molar-refractivity contribution in [2.75, 3.05) is 11.4 Å². The summed E-state index contributed by atoms with van der Waals surface area (Å²) < 4.78 is 44.3. The highest BCUT2D eigenvalue weighted by Gasteiger charge is 2.49. The number of H-pyrrole nitrogens is 1. The van der Waals surface area contributed by atoms with Gasteiger partial charge in [-0.2, -0.15) is 23.4 Å². The van der Waals surface area contributed by atoms with Crippen LogP contribution in [-0.4, -0.2) is 64.3 Å². The van der Waals surface area contributed by atoms with Crippen LogP contribution in [0, 0.1) is 12.8 Å². The number of benzene rings is 2. The predicted molar refractivity (Wildman–Crippen MR) is 169 cm³/mol. The third-order valence-electron chi connectivity index (χ3n) is 8.97. The summed E-state index contributed by atoms with van der Waals surface area (Å²) in [5, 5.41) is 20.3. The van der Waals surface area contributed by atoms with Crippen LogP contribution in [0.3, 0.4) is 0 Å². The summed E-state index contributed by atoms with van der Waals surface area (Å²) in [4.78, 5) is 31.5. The van der Waals surface area contributed by atoms with E-state index in [1.54, 1.807) is 38.5 Å². The van der Waals surface area contributed by atoms with Crippen LogP contribution in [-0.2, 0) is 24.4 Å². The fourth-order valence-electron chi connectivity index (χ4n) is 6.63. The van der Waals surface area contributed by atoms with Crippen LogP contribution in [0.5, 0.6) is 0 Å². The maximum Gasteiger partial charge on any atom is 0.417 e. The molecule has 2 amide bonds. The number of aromatic amines is 1. The number of halogens is 4. The minimum Gasteiger partial charge on any atom is -0.334 e. The molecule has 3 atom stereocenters.